The number of aliphatic hydroxyl groups excluding tert-OH is 1. The zero-order chi connectivity index (χ0) is 13.9. The Balaban J connectivity index is 1.56. The molecule has 0 amide bonds. The summed E-state index contributed by atoms with van der Waals surface area (Å²) in [5, 5.41) is 10.2. The molecule has 1 aliphatic rings. The molecule has 3 rings (SSSR count). The van der Waals surface area contributed by atoms with Crippen molar-refractivity contribution in [3.63, 3.8) is 0 Å². The van der Waals surface area contributed by atoms with Crippen molar-refractivity contribution in [2.75, 3.05) is 0 Å². The van der Waals surface area contributed by atoms with Crippen LogP contribution >= 0.6 is 0 Å². The minimum Gasteiger partial charge on any atom is -0.490 e. The highest BCUT2D eigenvalue weighted by Crippen LogP contribution is 2.32. The molecule has 2 aromatic rings. The second-order valence-electron chi connectivity index (χ2n) is 5.56. The molecule has 104 valence electrons. The Hall–Kier alpha value is -1.80. The van der Waals surface area contributed by atoms with Gasteiger partial charge in [0.05, 0.1) is 6.10 Å². The molecular weight excluding hydrogens is 248 g/mol. The first kappa shape index (κ1) is 13.2. The number of rotatable bonds is 4. The van der Waals surface area contributed by atoms with E-state index in [-0.39, 0.29) is 6.10 Å². The molecule has 1 heterocycles. The van der Waals surface area contributed by atoms with E-state index in [1.165, 1.54) is 11.1 Å². The van der Waals surface area contributed by atoms with Gasteiger partial charge in [0.25, 0.3) is 0 Å². The summed E-state index contributed by atoms with van der Waals surface area (Å²) in [7, 11) is 0. The molecule has 0 spiro atoms. The first-order valence-electron chi connectivity index (χ1n) is 7.21. The van der Waals surface area contributed by atoms with Crippen molar-refractivity contribution in [2.45, 2.75) is 38.4 Å². The molecule has 2 unspecified atom stereocenters. The van der Waals surface area contributed by atoms with Gasteiger partial charge >= 0.3 is 0 Å². The molecule has 0 aromatic heterocycles. The van der Waals surface area contributed by atoms with Crippen molar-refractivity contribution in [2.24, 2.45) is 0 Å². The summed E-state index contributed by atoms with van der Waals surface area (Å²) in [4.78, 5) is 0. The highest BCUT2D eigenvalue weighted by molar-refractivity contribution is 5.40. The lowest BCUT2D eigenvalue weighted by Gasteiger charge is -2.14. The molecule has 2 aromatic carbocycles. The van der Waals surface area contributed by atoms with Crippen molar-refractivity contribution >= 4 is 0 Å². The molecule has 2 heteroatoms. The second kappa shape index (κ2) is 5.68. The van der Waals surface area contributed by atoms with Crippen molar-refractivity contribution in [3.8, 4) is 5.75 Å². The smallest absolute Gasteiger partial charge is 0.123 e. The van der Waals surface area contributed by atoms with Crippen LogP contribution in [0.3, 0.4) is 0 Å². The van der Waals surface area contributed by atoms with Crippen LogP contribution in [0.4, 0.5) is 0 Å². The fourth-order valence-corrected chi connectivity index (χ4v) is 2.80. The SMILES string of the molecule is Cc1ccc2c(c1)CC(CCC(O)c1ccccc1)O2. The third kappa shape index (κ3) is 2.86. The maximum Gasteiger partial charge on any atom is 0.123 e. The number of fused-ring (bicyclic) bond motifs is 1. The minimum absolute atomic E-state index is 0.199. The van der Waals surface area contributed by atoms with Crippen LogP contribution in [0.25, 0.3) is 0 Å². The van der Waals surface area contributed by atoms with Gasteiger partial charge in [-0.2, -0.15) is 0 Å². The van der Waals surface area contributed by atoms with Crippen molar-refractivity contribution in [3.05, 3.63) is 65.2 Å². The minimum atomic E-state index is -0.398. The maximum absolute atomic E-state index is 10.2. The lowest BCUT2D eigenvalue weighted by Crippen LogP contribution is -2.14. The quantitative estimate of drug-likeness (QED) is 0.913. The summed E-state index contributed by atoms with van der Waals surface area (Å²) in [6.45, 7) is 2.10. The fourth-order valence-electron chi connectivity index (χ4n) is 2.80. The molecule has 2 atom stereocenters. The average Bonchev–Trinajstić information content (AvgIpc) is 2.87. The molecule has 0 saturated heterocycles. The van der Waals surface area contributed by atoms with Gasteiger partial charge in [0.1, 0.15) is 11.9 Å². The van der Waals surface area contributed by atoms with E-state index in [4.69, 9.17) is 4.74 Å². The Morgan fingerprint density at radius 3 is 2.80 bits per heavy atom. The predicted octanol–water partition coefficient (Wildman–Crippen LogP) is 3.81. The normalized spacial score (nSPS) is 18.4. The third-order valence-electron chi connectivity index (χ3n) is 3.90. The summed E-state index contributed by atoms with van der Waals surface area (Å²) in [6.07, 6.45) is 2.37. The van der Waals surface area contributed by atoms with Crippen LogP contribution in [0.2, 0.25) is 0 Å². The van der Waals surface area contributed by atoms with E-state index in [1.807, 2.05) is 30.3 Å². The van der Waals surface area contributed by atoms with Gasteiger partial charge in [-0.05, 0) is 37.0 Å². The van der Waals surface area contributed by atoms with Gasteiger partial charge in [-0.1, -0.05) is 48.0 Å². The van der Waals surface area contributed by atoms with Gasteiger partial charge in [0.2, 0.25) is 0 Å². The van der Waals surface area contributed by atoms with E-state index >= 15 is 0 Å². The van der Waals surface area contributed by atoms with Gasteiger partial charge in [-0.25, -0.2) is 0 Å². The van der Waals surface area contributed by atoms with Crippen molar-refractivity contribution in [1.29, 1.82) is 0 Å². The molecular formula is C18H20O2. The summed E-state index contributed by atoms with van der Waals surface area (Å²) >= 11 is 0. The van der Waals surface area contributed by atoms with Crippen LogP contribution in [0.15, 0.2) is 48.5 Å². The van der Waals surface area contributed by atoms with E-state index in [2.05, 4.69) is 25.1 Å². The number of hydrogen-bond donors (Lipinski definition) is 1. The van der Waals surface area contributed by atoms with E-state index in [9.17, 15) is 5.11 Å². The number of benzene rings is 2. The number of hydrogen-bond acceptors (Lipinski definition) is 2. The largest absolute Gasteiger partial charge is 0.490 e. The van der Waals surface area contributed by atoms with Crippen molar-refractivity contribution in [1.82, 2.24) is 0 Å². The van der Waals surface area contributed by atoms with Crippen molar-refractivity contribution < 1.29 is 9.84 Å². The monoisotopic (exact) mass is 268 g/mol. The lowest BCUT2D eigenvalue weighted by atomic mass is 10.0. The molecule has 0 aliphatic carbocycles. The molecule has 0 radical (unpaired) electrons. The van der Waals surface area contributed by atoms with E-state index in [0.717, 1.165) is 30.6 Å². The highest BCUT2D eigenvalue weighted by atomic mass is 16.5. The molecule has 2 nitrogen and oxygen atoms in total. The molecule has 1 N–H and O–H groups in total. The maximum atomic E-state index is 10.2. The first-order chi connectivity index (χ1) is 9.72. The zero-order valence-corrected chi connectivity index (χ0v) is 11.8. The Morgan fingerprint density at radius 1 is 1.20 bits per heavy atom. The van der Waals surface area contributed by atoms with Gasteiger partial charge < -0.3 is 9.84 Å². The van der Waals surface area contributed by atoms with Crippen LogP contribution in [-0.4, -0.2) is 11.2 Å². The van der Waals surface area contributed by atoms with Crippen LogP contribution < -0.4 is 4.74 Å². The zero-order valence-electron chi connectivity index (χ0n) is 11.8. The number of aryl methyl sites for hydroxylation is 1. The Morgan fingerprint density at radius 2 is 2.00 bits per heavy atom. The molecule has 0 fully saturated rings. The van der Waals surface area contributed by atoms with Gasteiger partial charge in [0.15, 0.2) is 0 Å². The molecule has 1 aliphatic heterocycles. The predicted molar refractivity (Wildman–Crippen MR) is 79.9 cm³/mol. The summed E-state index contributed by atoms with van der Waals surface area (Å²) in [5.41, 5.74) is 3.56. The van der Waals surface area contributed by atoms with Crippen LogP contribution in [0.1, 0.15) is 35.6 Å². The molecule has 0 saturated carbocycles. The summed E-state index contributed by atoms with van der Waals surface area (Å²) in [5.74, 6) is 1.01. The van der Waals surface area contributed by atoms with E-state index in [0.29, 0.717) is 0 Å². The van der Waals surface area contributed by atoms with E-state index in [1.54, 1.807) is 0 Å². The first-order valence-corrected chi connectivity index (χ1v) is 7.21. The van der Waals surface area contributed by atoms with Gasteiger partial charge in [0, 0.05) is 6.42 Å². The Kier molecular flexibility index (Phi) is 3.75. The summed E-state index contributed by atoms with van der Waals surface area (Å²) < 4.78 is 5.94. The third-order valence-corrected chi connectivity index (χ3v) is 3.90. The molecule has 0 bridgehead atoms. The van der Waals surface area contributed by atoms with E-state index < -0.39 is 6.10 Å². The fraction of sp³-hybridized carbons (Fsp3) is 0.333. The number of ether oxygens (including phenoxy) is 1. The average molecular weight is 268 g/mol. The lowest BCUT2D eigenvalue weighted by molar-refractivity contribution is 0.136. The highest BCUT2D eigenvalue weighted by Gasteiger charge is 2.23. The number of aliphatic hydroxyl groups is 1. The van der Waals surface area contributed by atoms with Crippen LogP contribution in [0.5, 0.6) is 5.75 Å². The van der Waals surface area contributed by atoms with Crippen LogP contribution in [-0.2, 0) is 6.42 Å². The standard InChI is InChI=1S/C18H20O2/c1-13-7-10-18-15(11-13)12-16(20-18)8-9-17(19)14-5-3-2-4-6-14/h2-7,10-11,16-17,19H,8-9,12H2,1H3. The topological polar surface area (TPSA) is 29.5 Å². The molecule has 20 heavy (non-hydrogen) atoms. The summed E-state index contributed by atoms with van der Waals surface area (Å²) in [6, 6.07) is 16.2. The Labute approximate surface area is 120 Å². The van der Waals surface area contributed by atoms with Gasteiger partial charge in [-0.3, -0.25) is 0 Å². The van der Waals surface area contributed by atoms with Crippen LogP contribution in [0, 0.1) is 6.92 Å². The Bertz CT molecular complexity index is 577. The second-order valence-corrected chi connectivity index (χ2v) is 5.56. The van der Waals surface area contributed by atoms with Gasteiger partial charge in [-0.15, -0.1) is 0 Å².